The predicted octanol–water partition coefficient (Wildman–Crippen LogP) is 5.90. The number of phenolic OH excluding ortho intramolecular Hbond substituents is 1. The molecule has 122 valence electrons. The van der Waals surface area contributed by atoms with Gasteiger partial charge in [0.15, 0.2) is 6.29 Å². The third-order valence-corrected chi connectivity index (χ3v) is 4.99. The SMILES string of the molecule is Cc1cc(C=O)c(O)c(C2CCCCCCCCCCC2)c1. The van der Waals surface area contributed by atoms with Crippen molar-refractivity contribution in [3.8, 4) is 5.75 Å². The molecule has 0 aromatic heterocycles. The molecule has 0 bridgehead atoms. The maximum atomic E-state index is 11.2. The first-order valence-corrected chi connectivity index (χ1v) is 9.01. The van der Waals surface area contributed by atoms with Crippen LogP contribution in [0.2, 0.25) is 0 Å². The van der Waals surface area contributed by atoms with E-state index >= 15 is 0 Å². The van der Waals surface area contributed by atoms with Gasteiger partial charge in [-0.05, 0) is 42.9 Å². The Morgan fingerprint density at radius 3 is 1.91 bits per heavy atom. The van der Waals surface area contributed by atoms with Gasteiger partial charge in [-0.3, -0.25) is 4.79 Å². The van der Waals surface area contributed by atoms with Crippen LogP contribution in [0, 0.1) is 6.92 Å². The number of rotatable bonds is 2. The van der Waals surface area contributed by atoms with Crippen LogP contribution in [0.25, 0.3) is 0 Å². The van der Waals surface area contributed by atoms with Crippen LogP contribution >= 0.6 is 0 Å². The van der Waals surface area contributed by atoms with E-state index in [1.54, 1.807) is 6.07 Å². The molecule has 1 fully saturated rings. The Morgan fingerprint density at radius 1 is 0.909 bits per heavy atom. The number of aromatic hydroxyl groups is 1. The molecule has 0 aliphatic heterocycles. The van der Waals surface area contributed by atoms with E-state index < -0.39 is 0 Å². The van der Waals surface area contributed by atoms with Gasteiger partial charge in [0.1, 0.15) is 5.75 Å². The Morgan fingerprint density at radius 2 is 1.41 bits per heavy atom. The predicted molar refractivity (Wildman–Crippen MR) is 91.8 cm³/mol. The van der Waals surface area contributed by atoms with E-state index in [9.17, 15) is 9.90 Å². The summed E-state index contributed by atoms with van der Waals surface area (Å²) in [5.41, 5.74) is 2.52. The van der Waals surface area contributed by atoms with Gasteiger partial charge >= 0.3 is 0 Å². The second-order valence-corrected chi connectivity index (χ2v) is 6.87. The van der Waals surface area contributed by atoms with E-state index in [1.807, 2.05) is 6.92 Å². The highest BCUT2D eigenvalue weighted by Crippen LogP contribution is 2.36. The van der Waals surface area contributed by atoms with Crippen molar-refractivity contribution in [2.75, 3.05) is 0 Å². The monoisotopic (exact) mass is 302 g/mol. The third-order valence-electron chi connectivity index (χ3n) is 4.99. The van der Waals surface area contributed by atoms with Gasteiger partial charge in [0.05, 0.1) is 5.56 Å². The second kappa shape index (κ2) is 8.97. The van der Waals surface area contributed by atoms with E-state index in [2.05, 4.69) is 6.07 Å². The van der Waals surface area contributed by atoms with Crippen molar-refractivity contribution in [1.29, 1.82) is 0 Å². The van der Waals surface area contributed by atoms with Crippen LogP contribution in [0.15, 0.2) is 12.1 Å². The molecule has 2 heteroatoms. The highest BCUT2D eigenvalue weighted by atomic mass is 16.3. The molecule has 0 spiro atoms. The van der Waals surface area contributed by atoms with E-state index in [4.69, 9.17) is 0 Å². The van der Waals surface area contributed by atoms with Crippen molar-refractivity contribution in [1.82, 2.24) is 0 Å². The molecule has 1 aromatic carbocycles. The van der Waals surface area contributed by atoms with Crippen LogP contribution in [0.3, 0.4) is 0 Å². The van der Waals surface area contributed by atoms with Crippen molar-refractivity contribution in [3.63, 3.8) is 0 Å². The summed E-state index contributed by atoms with van der Waals surface area (Å²) in [5, 5.41) is 10.4. The smallest absolute Gasteiger partial charge is 0.153 e. The molecule has 1 aliphatic rings. The lowest BCUT2D eigenvalue weighted by Crippen LogP contribution is -2.03. The van der Waals surface area contributed by atoms with E-state index in [-0.39, 0.29) is 5.75 Å². The maximum absolute atomic E-state index is 11.2. The molecular formula is C20H30O2. The Balaban J connectivity index is 2.15. The average molecular weight is 302 g/mol. The fourth-order valence-electron chi connectivity index (χ4n) is 3.71. The summed E-state index contributed by atoms with van der Waals surface area (Å²) >= 11 is 0. The van der Waals surface area contributed by atoms with Crippen LogP contribution in [0.5, 0.6) is 5.75 Å². The fourth-order valence-corrected chi connectivity index (χ4v) is 3.71. The standard InChI is InChI=1S/C20H30O2/c1-16-13-18(15-21)20(22)19(14-16)17-11-9-7-5-3-2-4-6-8-10-12-17/h13-15,17,22H,2-12H2,1H3. The van der Waals surface area contributed by atoms with Crippen molar-refractivity contribution >= 4 is 6.29 Å². The summed E-state index contributed by atoms with van der Waals surface area (Å²) in [6.45, 7) is 2.01. The summed E-state index contributed by atoms with van der Waals surface area (Å²) in [4.78, 5) is 11.2. The first kappa shape index (κ1) is 17.1. The molecule has 2 nitrogen and oxygen atoms in total. The highest BCUT2D eigenvalue weighted by Gasteiger charge is 2.18. The number of hydrogen-bond donors (Lipinski definition) is 1. The molecule has 0 saturated heterocycles. The Kier molecular flexibility index (Phi) is 6.95. The lowest BCUT2D eigenvalue weighted by atomic mass is 9.85. The van der Waals surface area contributed by atoms with Gasteiger partial charge in [0.2, 0.25) is 0 Å². The molecule has 0 atom stereocenters. The molecule has 0 radical (unpaired) electrons. The molecule has 2 rings (SSSR count). The summed E-state index contributed by atoms with van der Waals surface area (Å²) < 4.78 is 0. The van der Waals surface area contributed by atoms with Gasteiger partial charge < -0.3 is 5.11 Å². The summed E-state index contributed by atoms with van der Waals surface area (Å²) in [6.07, 6.45) is 14.9. The Hall–Kier alpha value is -1.31. The second-order valence-electron chi connectivity index (χ2n) is 6.87. The molecule has 1 N–H and O–H groups in total. The number of phenols is 1. The van der Waals surface area contributed by atoms with Crippen LogP contribution in [-0.2, 0) is 0 Å². The molecule has 22 heavy (non-hydrogen) atoms. The molecule has 1 aromatic rings. The first-order valence-electron chi connectivity index (χ1n) is 9.01. The van der Waals surface area contributed by atoms with E-state index in [0.717, 1.165) is 30.3 Å². The maximum Gasteiger partial charge on any atom is 0.153 e. The van der Waals surface area contributed by atoms with Gasteiger partial charge in [0.25, 0.3) is 0 Å². The number of aryl methyl sites for hydroxylation is 1. The Bertz CT molecular complexity index is 467. The lowest BCUT2D eigenvalue weighted by Gasteiger charge is -2.21. The number of aldehydes is 1. The van der Waals surface area contributed by atoms with Crippen LogP contribution < -0.4 is 0 Å². The number of hydrogen-bond acceptors (Lipinski definition) is 2. The molecule has 1 aliphatic carbocycles. The minimum Gasteiger partial charge on any atom is -0.507 e. The van der Waals surface area contributed by atoms with Crippen molar-refractivity contribution in [3.05, 3.63) is 28.8 Å². The van der Waals surface area contributed by atoms with Crippen LogP contribution in [0.4, 0.5) is 0 Å². The Labute approximate surface area is 134 Å². The molecule has 0 heterocycles. The molecular weight excluding hydrogens is 272 g/mol. The number of benzene rings is 1. The summed E-state index contributed by atoms with van der Waals surface area (Å²) in [7, 11) is 0. The van der Waals surface area contributed by atoms with Crippen LogP contribution in [0.1, 0.15) is 98.0 Å². The van der Waals surface area contributed by atoms with Gasteiger partial charge in [0, 0.05) is 0 Å². The van der Waals surface area contributed by atoms with Crippen LogP contribution in [-0.4, -0.2) is 11.4 Å². The molecule has 0 unspecified atom stereocenters. The van der Waals surface area contributed by atoms with E-state index in [0.29, 0.717) is 11.5 Å². The molecule has 1 saturated carbocycles. The zero-order valence-corrected chi connectivity index (χ0v) is 13.9. The largest absolute Gasteiger partial charge is 0.507 e. The number of carbonyl (C=O) groups is 1. The minimum atomic E-state index is 0.220. The van der Waals surface area contributed by atoms with Gasteiger partial charge in [-0.25, -0.2) is 0 Å². The van der Waals surface area contributed by atoms with E-state index in [1.165, 1.54) is 57.8 Å². The summed E-state index contributed by atoms with van der Waals surface area (Å²) in [6, 6.07) is 3.86. The zero-order chi connectivity index (χ0) is 15.8. The van der Waals surface area contributed by atoms with Crippen molar-refractivity contribution in [2.24, 2.45) is 0 Å². The fraction of sp³-hybridized carbons (Fsp3) is 0.650. The first-order chi connectivity index (χ1) is 10.7. The highest BCUT2D eigenvalue weighted by molar-refractivity contribution is 5.80. The quantitative estimate of drug-likeness (QED) is 0.690. The van der Waals surface area contributed by atoms with Crippen molar-refractivity contribution in [2.45, 2.75) is 83.5 Å². The van der Waals surface area contributed by atoms with Gasteiger partial charge in [-0.2, -0.15) is 0 Å². The summed E-state index contributed by atoms with van der Waals surface area (Å²) in [5.74, 6) is 0.621. The minimum absolute atomic E-state index is 0.220. The average Bonchev–Trinajstić information content (AvgIpc) is 2.50. The molecule has 0 amide bonds. The lowest BCUT2D eigenvalue weighted by molar-refractivity contribution is 0.112. The normalized spacial score (nSPS) is 19.1. The third kappa shape index (κ3) is 4.86. The van der Waals surface area contributed by atoms with Gasteiger partial charge in [-0.1, -0.05) is 63.9 Å². The van der Waals surface area contributed by atoms with Gasteiger partial charge in [-0.15, -0.1) is 0 Å². The van der Waals surface area contributed by atoms with Crippen molar-refractivity contribution < 1.29 is 9.90 Å². The number of carbonyl (C=O) groups excluding carboxylic acids is 1. The zero-order valence-electron chi connectivity index (χ0n) is 13.9. The topological polar surface area (TPSA) is 37.3 Å².